The SMILES string of the molecule is CCCc1cc(C)c(C)cc1Nc1nc(=O)n(Cc2ccc[nH]c2=O)c(=O)n1Cc1ccc(F)c(P)c1. The largest absolute Gasteiger partial charge is 0.355 e. The number of aryl methyl sites for hydroxylation is 3. The minimum Gasteiger partial charge on any atom is -0.329 e. The third-order valence-corrected chi connectivity index (χ3v) is 6.71. The second kappa shape index (κ2) is 11.0. The van der Waals surface area contributed by atoms with Gasteiger partial charge in [-0.3, -0.25) is 9.36 Å². The fraction of sp³-hybridized carbons (Fsp3) is 0.259. The van der Waals surface area contributed by atoms with Crippen LogP contribution in [0.4, 0.5) is 16.0 Å². The van der Waals surface area contributed by atoms with Gasteiger partial charge in [-0.2, -0.15) is 4.98 Å². The summed E-state index contributed by atoms with van der Waals surface area (Å²) in [4.78, 5) is 45.7. The molecule has 0 fully saturated rings. The van der Waals surface area contributed by atoms with Crippen molar-refractivity contribution < 1.29 is 4.39 Å². The van der Waals surface area contributed by atoms with Crippen molar-refractivity contribution in [1.82, 2.24) is 19.1 Å². The highest BCUT2D eigenvalue weighted by atomic mass is 31.0. The Morgan fingerprint density at radius 1 is 1.00 bits per heavy atom. The van der Waals surface area contributed by atoms with Gasteiger partial charge in [0.25, 0.3) is 5.56 Å². The number of hydrogen-bond donors (Lipinski definition) is 2. The predicted molar refractivity (Wildman–Crippen MR) is 147 cm³/mol. The van der Waals surface area contributed by atoms with Crippen LogP contribution in [-0.2, 0) is 19.5 Å². The molecule has 2 N–H and O–H groups in total. The number of H-pyrrole nitrogens is 1. The molecule has 0 bridgehead atoms. The maximum absolute atomic E-state index is 13.9. The number of aromatic nitrogens is 4. The van der Waals surface area contributed by atoms with Gasteiger partial charge >= 0.3 is 11.4 Å². The molecule has 0 saturated carbocycles. The third kappa shape index (κ3) is 5.78. The molecule has 2 heterocycles. The summed E-state index contributed by atoms with van der Waals surface area (Å²) in [6, 6.07) is 11.8. The lowest BCUT2D eigenvalue weighted by Gasteiger charge is -2.18. The van der Waals surface area contributed by atoms with E-state index in [2.05, 4.69) is 37.5 Å². The first-order valence-electron chi connectivity index (χ1n) is 12.0. The number of aromatic amines is 1. The molecular weight excluding hydrogens is 492 g/mol. The van der Waals surface area contributed by atoms with Crippen molar-refractivity contribution in [2.24, 2.45) is 0 Å². The zero-order chi connectivity index (χ0) is 26.7. The second-order valence-corrected chi connectivity index (χ2v) is 9.64. The number of halogens is 1. The van der Waals surface area contributed by atoms with Gasteiger partial charge in [0.1, 0.15) is 5.82 Å². The van der Waals surface area contributed by atoms with Gasteiger partial charge in [0.2, 0.25) is 5.95 Å². The smallest absolute Gasteiger partial charge is 0.329 e. The molecule has 192 valence electrons. The highest BCUT2D eigenvalue weighted by Gasteiger charge is 2.17. The Labute approximate surface area is 215 Å². The van der Waals surface area contributed by atoms with E-state index in [-0.39, 0.29) is 30.4 Å². The molecule has 0 aliphatic heterocycles. The number of hydrogen-bond acceptors (Lipinski definition) is 5. The molecule has 2 aromatic carbocycles. The lowest BCUT2D eigenvalue weighted by Crippen LogP contribution is -2.43. The van der Waals surface area contributed by atoms with Crippen LogP contribution in [0.2, 0.25) is 0 Å². The fourth-order valence-corrected chi connectivity index (χ4v) is 4.43. The topological polar surface area (TPSA) is 102 Å². The molecule has 37 heavy (non-hydrogen) atoms. The van der Waals surface area contributed by atoms with E-state index in [1.54, 1.807) is 24.3 Å². The van der Waals surface area contributed by atoms with Crippen LogP contribution in [0.15, 0.2) is 63.0 Å². The fourth-order valence-electron chi connectivity index (χ4n) is 4.12. The van der Waals surface area contributed by atoms with E-state index in [4.69, 9.17) is 0 Å². The lowest BCUT2D eigenvalue weighted by molar-refractivity contribution is 0.586. The molecule has 0 aliphatic rings. The highest BCUT2D eigenvalue weighted by molar-refractivity contribution is 7.27. The van der Waals surface area contributed by atoms with Crippen molar-refractivity contribution >= 4 is 26.2 Å². The average Bonchev–Trinajstić information content (AvgIpc) is 2.85. The van der Waals surface area contributed by atoms with Crippen molar-refractivity contribution in [2.45, 2.75) is 46.7 Å². The van der Waals surface area contributed by atoms with E-state index in [0.717, 1.165) is 39.8 Å². The van der Waals surface area contributed by atoms with Gasteiger partial charge in [0.15, 0.2) is 0 Å². The maximum atomic E-state index is 13.9. The van der Waals surface area contributed by atoms with E-state index in [1.807, 2.05) is 19.9 Å². The summed E-state index contributed by atoms with van der Waals surface area (Å²) in [5, 5.41) is 3.57. The van der Waals surface area contributed by atoms with Gasteiger partial charge in [0, 0.05) is 22.8 Å². The standard InChI is InChI=1S/C27H29FN5O3P/c1-4-6-19-11-16(2)17(3)12-22(19)30-25-31-26(35)33(15-20-7-5-10-29-24(20)34)27(36)32(25)14-18-8-9-21(28)23(37)13-18/h5,7-13H,4,6,14-15,37H2,1-3H3,(H,29,34)(H,30,31,35). The summed E-state index contributed by atoms with van der Waals surface area (Å²) in [7, 11) is 2.33. The average molecular weight is 522 g/mol. The highest BCUT2D eigenvalue weighted by Crippen LogP contribution is 2.25. The van der Waals surface area contributed by atoms with E-state index in [9.17, 15) is 18.8 Å². The molecule has 8 nitrogen and oxygen atoms in total. The molecule has 1 atom stereocenters. The van der Waals surface area contributed by atoms with Crippen LogP contribution < -0.4 is 27.6 Å². The minimum atomic E-state index is -0.779. The monoisotopic (exact) mass is 521 g/mol. The molecule has 0 radical (unpaired) electrons. The van der Waals surface area contributed by atoms with Crippen molar-refractivity contribution in [2.75, 3.05) is 5.32 Å². The summed E-state index contributed by atoms with van der Waals surface area (Å²) in [6.07, 6.45) is 3.19. The van der Waals surface area contributed by atoms with Crippen LogP contribution >= 0.6 is 9.24 Å². The Hall–Kier alpha value is -3.84. The van der Waals surface area contributed by atoms with E-state index in [1.165, 1.54) is 16.8 Å². The van der Waals surface area contributed by atoms with Gasteiger partial charge in [-0.05, 0) is 66.8 Å². The summed E-state index contributed by atoms with van der Waals surface area (Å²) >= 11 is 0. The van der Waals surface area contributed by atoms with Crippen LogP contribution in [0.25, 0.3) is 0 Å². The molecule has 0 amide bonds. The molecule has 10 heteroatoms. The number of pyridine rings is 1. The first-order valence-corrected chi connectivity index (χ1v) is 12.5. The zero-order valence-electron chi connectivity index (χ0n) is 21.0. The molecular formula is C27H29FN5O3P. The molecule has 4 rings (SSSR count). The first kappa shape index (κ1) is 26.2. The number of nitrogens with zero attached hydrogens (tertiary/aromatic N) is 3. The Balaban J connectivity index is 1.87. The molecule has 0 spiro atoms. The third-order valence-electron chi connectivity index (χ3n) is 6.26. The van der Waals surface area contributed by atoms with Gasteiger partial charge in [-0.15, -0.1) is 9.24 Å². The van der Waals surface area contributed by atoms with Crippen LogP contribution in [0.5, 0.6) is 0 Å². The molecule has 1 unspecified atom stereocenters. The predicted octanol–water partition coefficient (Wildman–Crippen LogP) is 3.14. The Morgan fingerprint density at radius 3 is 2.46 bits per heavy atom. The van der Waals surface area contributed by atoms with Crippen molar-refractivity contribution in [3.8, 4) is 0 Å². The van der Waals surface area contributed by atoms with Gasteiger partial charge in [-0.1, -0.05) is 31.5 Å². The lowest BCUT2D eigenvalue weighted by atomic mass is 10.0. The van der Waals surface area contributed by atoms with Gasteiger partial charge in [-0.25, -0.2) is 18.5 Å². The summed E-state index contributed by atoms with van der Waals surface area (Å²) in [5.74, 6) is -0.311. The maximum Gasteiger partial charge on any atom is 0.355 e. The minimum absolute atomic E-state index is 0.0369. The molecule has 0 aliphatic carbocycles. The number of anilines is 2. The number of benzene rings is 2. The first-order chi connectivity index (χ1) is 17.7. The van der Waals surface area contributed by atoms with E-state index in [0.29, 0.717) is 10.9 Å². The number of nitrogens with one attached hydrogen (secondary N) is 2. The number of rotatable bonds is 8. The van der Waals surface area contributed by atoms with Crippen LogP contribution in [0.3, 0.4) is 0 Å². The van der Waals surface area contributed by atoms with Crippen LogP contribution in [0, 0.1) is 19.7 Å². The van der Waals surface area contributed by atoms with Gasteiger partial charge in [0.05, 0.1) is 13.1 Å². The van der Waals surface area contributed by atoms with Crippen LogP contribution in [0.1, 0.15) is 41.2 Å². The zero-order valence-corrected chi connectivity index (χ0v) is 22.1. The summed E-state index contributed by atoms with van der Waals surface area (Å²) < 4.78 is 16.1. The van der Waals surface area contributed by atoms with Gasteiger partial charge < -0.3 is 10.3 Å². The summed E-state index contributed by atoms with van der Waals surface area (Å²) in [6.45, 7) is 5.91. The normalized spacial score (nSPS) is 11.1. The van der Waals surface area contributed by atoms with Crippen LogP contribution in [-0.4, -0.2) is 19.1 Å². The molecule has 0 saturated heterocycles. The van der Waals surface area contributed by atoms with E-state index >= 15 is 0 Å². The Morgan fingerprint density at radius 2 is 1.76 bits per heavy atom. The van der Waals surface area contributed by atoms with Crippen molar-refractivity contribution in [1.29, 1.82) is 0 Å². The van der Waals surface area contributed by atoms with Crippen molar-refractivity contribution in [3.63, 3.8) is 0 Å². The molecule has 2 aromatic heterocycles. The summed E-state index contributed by atoms with van der Waals surface area (Å²) in [5.41, 5.74) is 3.09. The molecule has 4 aromatic rings. The Kier molecular flexibility index (Phi) is 7.83. The quantitative estimate of drug-likeness (QED) is 0.347. The van der Waals surface area contributed by atoms with E-state index < -0.39 is 16.9 Å². The van der Waals surface area contributed by atoms with Crippen molar-refractivity contribution in [3.05, 3.63) is 114 Å². The Bertz CT molecular complexity index is 1640. The second-order valence-electron chi connectivity index (χ2n) is 9.02.